The highest BCUT2D eigenvalue weighted by Gasteiger charge is 2.39. The second kappa shape index (κ2) is 4.88. The molecule has 2 aliphatic rings. The van der Waals surface area contributed by atoms with Crippen molar-refractivity contribution in [3.8, 4) is 0 Å². The predicted octanol–water partition coefficient (Wildman–Crippen LogP) is 3.43. The molecule has 1 aliphatic heterocycles. The fraction of sp³-hybridized carbons (Fsp3) is 0.588. The Morgan fingerprint density at radius 2 is 2.15 bits per heavy atom. The van der Waals surface area contributed by atoms with Crippen molar-refractivity contribution in [3.63, 3.8) is 0 Å². The molecule has 3 nitrogen and oxygen atoms in total. The van der Waals surface area contributed by atoms with E-state index < -0.39 is 6.10 Å². The van der Waals surface area contributed by atoms with Crippen LogP contribution in [0.2, 0.25) is 0 Å². The van der Waals surface area contributed by atoms with Gasteiger partial charge in [-0.25, -0.2) is 0 Å². The molecule has 0 spiro atoms. The first-order valence-electron chi connectivity index (χ1n) is 7.58. The van der Waals surface area contributed by atoms with E-state index in [0.29, 0.717) is 12.3 Å². The van der Waals surface area contributed by atoms with E-state index in [2.05, 4.69) is 25.2 Å². The van der Waals surface area contributed by atoms with Gasteiger partial charge in [0.1, 0.15) is 0 Å². The van der Waals surface area contributed by atoms with Gasteiger partial charge in [0.15, 0.2) is 0 Å². The number of aliphatic hydroxyl groups excluding tert-OH is 1. The number of aliphatic hydroxyl groups is 1. The maximum Gasteiger partial charge on any atom is 0.224 e. The molecule has 1 aromatic rings. The van der Waals surface area contributed by atoms with Crippen molar-refractivity contribution in [3.05, 3.63) is 29.3 Å². The molecule has 0 radical (unpaired) electrons. The smallest absolute Gasteiger partial charge is 0.224 e. The molecule has 1 aromatic carbocycles. The minimum atomic E-state index is -0.393. The summed E-state index contributed by atoms with van der Waals surface area (Å²) in [6.07, 6.45) is 4.42. The Bertz CT molecular complexity index is 536. The lowest BCUT2D eigenvalue weighted by atomic mass is 9.76. The SMILES string of the molecule is CC1(C)CCCC1C(O)c1ccc2c(c1)CCC(=O)N2. The zero-order chi connectivity index (χ0) is 14.3. The summed E-state index contributed by atoms with van der Waals surface area (Å²) in [4.78, 5) is 11.4. The number of carbonyl (C=O) groups is 1. The molecule has 3 heteroatoms. The standard InChI is InChI=1S/C17H23NO2/c1-17(2)9-3-4-13(17)16(20)12-5-7-14-11(10-12)6-8-15(19)18-14/h5,7,10,13,16,20H,3-4,6,8-9H2,1-2H3,(H,18,19). The highest BCUT2D eigenvalue weighted by molar-refractivity contribution is 5.93. The van der Waals surface area contributed by atoms with Crippen molar-refractivity contribution in [2.75, 3.05) is 5.32 Å². The molecule has 0 saturated heterocycles. The number of amides is 1. The van der Waals surface area contributed by atoms with Gasteiger partial charge in [0.25, 0.3) is 0 Å². The van der Waals surface area contributed by atoms with Crippen molar-refractivity contribution in [2.24, 2.45) is 11.3 Å². The third-order valence-electron chi connectivity index (χ3n) is 5.09. The maximum atomic E-state index is 11.4. The van der Waals surface area contributed by atoms with E-state index in [1.165, 1.54) is 12.8 Å². The molecule has 2 N–H and O–H groups in total. The minimum absolute atomic E-state index is 0.0859. The molecule has 3 rings (SSSR count). The summed E-state index contributed by atoms with van der Waals surface area (Å²) in [7, 11) is 0. The highest BCUT2D eigenvalue weighted by atomic mass is 16.3. The van der Waals surface area contributed by atoms with Gasteiger partial charge in [0.05, 0.1) is 6.10 Å². The van der Waals surface area contributed by atoms with Gasteiger partial charge in [-0.2, -0.15) is 0 Å². The van der Waals surface area contributed by atoms with Crippen LogP contribution in [0.5, 0.6) is 0 Å². The molecule has 2 unspecified atom stereocenters. The second-order valence-electron chi connectivity index (χ2n) is 6.90. The van der Waals surface area contributed by atoms with Gasteiger partial charge in [-0.15, -0.1) is 0 Å². The van der Waals surface area contributed by atoms with Crippen LogP contribution in [0, 0.1) is 11.3 Å². The maximum absolute atomic E-state index is 11.4. The van der Waals surface area contributed by atoms with E-state index in [9.17, 15) is 9.90 Å². The number of aryl methyl sites for hydroxylation is 1. The summed E-state index contributed by atoms with van der Waals surface area (Å²) in [5.41, 5.74) is 3.27. The number of rotatable bonds is 2. The molecule has 108 valence electrons. The molecular formula is C17H23NO2. The van der Waals surface area contributed by atoms with Crippen LogP contribution in [-0.4, -0.2) is 11.0 Å². The van der Waals surface area contributed by atoms with E-state index in [-0.39, 0.29) is 11.3 Å². The summed E-state index contributed by atoms with van der Waals surface area (Å²) in [6.45, 7) is 4.51. The van der Waals surface area contributed by atoms with Gasteiger partial charge >= 0.3 is 0 Å². The first-order valence-corrected chi connectivity index (χ1v) is 7.58. The first kappa shape index (κ1) is 13.6. The van der Waals surface area contributed by atoms with Crippen molar-refractivity contribution in [2.45, 2.75) is 52.1 Å². The number of carbonyl (C=O) groups excluding carboxylic acids is 1. The van der Waals surface area contributed by atoms with Crippen LogP contribution >= 0.6 is 0 Å². The molecule has 1 heterocycles. The van der Waals surface area contributed by atoms with E-state index in [1.807, 2.05) is 12.1 Å². The number of hydrogen-bond acceptors (Lipinski definition) is 2. The van der Waals surface area contributed by atoms with Gasteiger partial charge in [-0.1, -0.05) is 32.4 Å². The first-order chi connectivity index (χ1) is 9.47. The van der Waals surface area contributed by atoms with Crippen molar-refractivity contribution in [1.29, 1.82) is 0 Å². The molecule has 1 amide bonds. The van der Waals surface area contributed by atoms with Gasteiger partial charge < -0.3 is 10.4 Å². The van der Waals surface area contributed by atoms with Crippen LogP contribution in [0.1, 0.15) is 56.8 Å². The normalized spacial score (nSPS) is 25.9. The van der Waals surface area contributed by atoms with Crippen LogP contribution in [0.3, 0.4) is 0 Å². The number of benzene rings is 1. The van der Waals surface area contributed by atoms with Crippen LogP contribution < -0.4 is 5.32 Å². The van der Waals surface area contributed by atoms with Crippen molar-refractivity contribution < 1.29 is 9.90 Å². The molecule has 1 aliphatic carbocycles. The van der Waals surface area contributed by atoms with Crippen LogP contribution in [-0.2, 0) is 11.2 Å². The average molecular weight is 273 g/mol. The zero-order valence-electron chi connectivity index (χ0n) is 12.3. The highest BCUT2D eigenvalue weighted by Crippen LogP contribution is 2.48. The summed E-state index contributed by atoms with van der Waals surface area (Å²) in [5, 5.41) is 13.6. The summed E-state index contributed by atoms with van der Waals surface area (Å²) in [6, 6.07) is 5.98. The Hall–Kier alpha value is -1.35. The van der Waals surface area contributed by atoms with E-state index >= 15 is 0 Å². The third kappa shape index (κ3) is 2.35. The fourth-order valence-corrected chi connectivity index (χ4v) is 3.76. The second-order valence-corrected chi connectivity index (χ2v) is 6.90. The van der Waals surface area contributed by atoms with E-state index in [1.54, 1.807) is 0 Å². The predicted molar refractivity (Wildman–Crippen MR) is 79.5 cm³/mol. The Kier molecular flexibility index (Phi) is 3.33. The third-order valence-corrected chi connectivity index (χ3v) is 5.09. The Morgan fingerprint density at radius 1 is 1.35 bits per heavy atom. The molecule has 1 saturated carbocycles. The summed E-state index contributed by atoms with van der Waals surface area (Å²) >= 11 is 0. The molecular weight excluding hydrogens is 250 g/mol. The van der Waals surface area contributed by atoms with Crippen LogP contribution in [0.25, 0.3) is 0 Å². The van der Waals surface area contributed by atoms with Gasteiger partial charge in [0.2, 0.25) is 5.91 Å². The van der Waals surface area contributed by atoms with E-state index in [4.69, 9.17) is 0 Å². The summed E-state index contributed by atoms with van der Waals surface area (Å²) < 4.78 is 0. The molecule has 1 fully saturated rings. The number of nitrogens with one attached hydrogen (secondary N) is 1. The Balaban J connectivity index is 1.86. The minimum Gasteiger partial charge on any atom is -0.388 e. The topological polar surface area (TPSA) is 49.3 Å². The van der Waals surface area contributed by atoms with Gasteiger partial charge in [-0.05, 0) is 47.8 Å². The molecule has 20 heavy (non-hydrogen) atoms. The molecule has 0 aromatic heterocycles. The lowest BCUT2D eigenvalue weighted by molar-refractivity contribution is -0.116. The zero-order valence-corrected chi connectivity index (χ0v) is 12.3. The van der Waals surface area contributed by atoms with Crippen molar-refractivity contribution in [1.82, 2.24) is 0 Å². The van der Waals surface area contributed by atoms with Gasteiger partial charge in [0, 0.05) is 12.1 Å². The van der Waals surface area contributed by atoms with Gasteiger partial charge in [-0.3, -0.25) is 4.79 Å². The lowest BCUT2D eigenvalue weighted by Gasteiger charge is -2.32. The van der Waals surface area contributed by atoms with E-state index in [0.717, 1.165) is 29.7 Å². The summed E-state index contributed by atoms with van der Waals surface area (Å²) in [5.74, 6) is 0.418. The molecule has 2 atom stereocenters. The Labute approximate surface area is 120 Å². The number of hydrogen-bond donors (Lipinski definition) is 2. The van der Waals surface area contributed by atoms with Crippen LogP contribution in [0.15, 0.2) is 18.2 Å². The Morgan fingerprint density at radius 3 is 2.85 bits per heavy atom. The van der Waals surface area contributed by atoms with Crippen LogP contribution in [0.4, 0.5) is 5.69 Å². The average Bonchev–Trinajstić information content (AvgIpc) is 2.77. The quantitative estimate of drug-likeness (QED) is 0.867. The largest absolute Gasteiger partial charge is 0.388 e. The number of anilines is 1. The fourth-order valence-electron chi connectivity index (χ4n) is 3.76. The lowest BCUT2D eigenvalue weighted by Crippen LogP contribution is -2.25. The van der Waals surface area contributed by atoms with Crippen molar-refractivity contribution >= 4 is 11.6 Å². The molecule has 0 bridgehead atoms. The monoisotopic (exact) mass is 273 g/mol. The number of fused-ring (bicyclic) bond motifs is 1.